The summed E-state index contributed by atoms with van der Waals surface area (Å²) in [5.41, 5.74) is 1.37. The summed E-state index contributed by atoms with van der Waals surface area (Å²) in [6, 6.07) is 3.25. The van der Waals surface area contributed by atoms with Crippen LogP contribution in [0, 0.1) is 6.92 Å². The molecule has 0 amide bonds. The number of allylic oxidation sites excluding steroid dienone is 1. The van der Waals surface area contributed by atoms with Crippen molar-refractivity contribution in [1.29, 1.82) is 0 Å². The number of hydrogen-bond acceptors (Lipinski definition) is 5. The fourth-order valence-electron chi connectivity index (χ4n) is 2.43. The highest BCUT2D eigenvalue weighted by Gasteiger charge is 2.24. The average molecular weight is 337 g/mol. The van der Waals surface area contributed by atoms with Crippen molar-refractivity contribution in [3.8, 4) is 5.75 Å². The predicted octanol–water partition coefficient (Wildman–Crippen LogP) is 4.14. The van der Waals surface area contributed by atoms with Crippen LogP contribution in [0.1, 0.15) is 35.5 Å². The summed E-state index contributed by atoms with van der Waals surface area (Å²) < 4.78 is 16.0. The lowest BCUT2D eigenvalue weighted by Gasteiger charge is -2.10. The molecule has 6 heteroatoms. The van der Waals surface area contributed by atoms with E-state index in [2.05, 4.69) is 6.58 Å². The van der Waals surface area contributed by atoms with Gasteiger partial charge in [0.25, 0.3) is 0 Å². The van der Waals surface area contributed by atoms with E-state index < -0.39 is 11.9 Å². The van der Waals surface area contributed by atoms with E-state index in [1.54, 1.807) is 26.0 Å². The van der Waals surface area contributed by atoms with Gasteiger partial charge >= 0.3 is 11.9 Å². The van der Waals surface area contributed by atoms with Crippen molar-refractivity contribution in [2.24, 2.45) is 0 Å². The second kappa shape index (κ2) is 6.87. The van der Waals surface area contributed by atoms with Crippen LogP contribution in [-0.4, -0.2) is 18.5 Å². The predicted molar refractivity (Wildman–Crippen MR) is 86.9 cm³/mol. The minimum atomic E-state index is -0.495. The summed E-state index contributed by atoms with van der Waals surface area (Å²) in [5, 5.41) is 0.876. The Morgan fingerprint density at radius 2 is 2.04 bits per heavy atom. The number of aryl methyl sites for hydroxylation is 1. The van der Waals surface area contributed by atoms with E-state index >= 15 is 0 Å². The van der Waals surface area contributed by atoms with Crippen LogP contribution >= 0.6 is 11.6 Å². The number of benzene rings is 1. The molecule has 0 radical (unpaired) electrons. The first kappa shape index (κ1) is 17.1. The highest BCUT2D eigenvalue weighted by molar-refractivity contribution is 6.29. The molecular formula is C17H17ClO5. The molecule has 0 saturated heterocycles. The molecule has 5 nitrogen and oxygen atoms in total. The SMILES string of the molecule is C=C(Cl)Cc1c(OC(C)=O)ccc2oc(C)c(C(=O)OCC)c12. The van der Waals surface area contributed by atoms with Crippen molar-refractivity contribution in [3.63, 3.8) is 0 Å². The fourth-order valence-corrected chi connectivity index (χ4v) is 2.56. The molecule has 122 valence electrons. The maximum absolute atomic E-state index is 12.3. The third kappa shape index (κ3) is 3.56. The number of hydrogen-bond donors (Lipinski definition) is 0. The maximum Gasteiger partial charge on any atom is 0.342 e. The standard InChI is InChI=1S/C17H17ClO5/c1-5-21-17(20)15-10(3)22-14-7-6-13(23-11(4)19)12(16(14)15)8-9(2)18/h6-7H,2,5,8H2,1,3-4H3. The van der Waals surface area contributed by atoms with E-state index in [1.807, 2.05) is 0 Å². The van der Waals surface area contributed by atoms with Crippen LogP contribution in [0.3, 0.4) is 0 Å². The molecule has 0 aliphatic carbocycles. The highest BCUT2D eigenvalue weighted by Crippen LogP contribution is 2.36. The van der Waals surface area contributed by atoms with E-state index in [4.69, 9.17) is 25.5 Å². The summed E-state index contributed by atoms with van der Waals surface area (Å²) >= 11 is 5.94. The van der Waals surface area contributed by atoms with E-state index in [-0.39, 0.29) is 13.0 Å². The van der Waals surface area contributed by atoms with Crippen molar-refractivity contribution in [3.05, 3.63) is 40.6 Å². The molecule has 0 unspecified atom stereocenters. The zero-order chi connectivity index (χ0) is 17.1. The molecule has 0 spiro atoms. The second-order valence-corrected chi connectivity index (χ2v) is 5.49. The van der Waals surface area contributed by atoms with E-state index in [1.165, 1.54) is 6.92 Å². The number of fused-ring (bicyclic) bond motifs is 1. The van der Waals surface area contributed by atoms with Crippen LogP contribution in [0.4, 0.5) is 0 Å². The summed E-state index contributed by atoms with van der Waals surface area (Å²) in [6.07, 6.45) is 0.229. The quantitative estimate of drug-likeness (QED) is 0.606. The van der Waals surface area contributed by atoms with Gasteiger partial charge in [-0.2, -0.15) is 0 Å². The van der Waals surface area contributed by atoms with E-state index in [9.17, 15) is 9.59 Å². The molecule has 0 saturated carbocycles. The van der Waals surface area contributed by atoms with Gasteiger partial charge < -0.3 is 13.9 Å². The molecule has 0 bridgehead atoms. The Kier molecular flexibility index (Phi) is 5.11. The lowest BCUT2D eigenvalue weighted by Crippen LogP contribution is -2.08. The smallest absolute Gasteiger partial charge is 0.342 e. The third-order valence-electron chi connectivity index (χ3n) is 3.20. The van der Waals surface area contributed by atoms with Gasteiger partial charge in [0.15, 0.2) is 0 Å². The van der Waals surface area contributed by atoms with Crippen LogP contribution in [0.15, 0.2) is 28.2 Å². The number of ether oxygens (including phenoxy) is 2. The second-order valence-electron chi connectivity index (χ2n) is 4.96. The van der Waals surface area contributed by atoms with Gasteiger partial charge in [-0.3, -0.25) is 4.79 Å². The molecule has 0 aliphatic rings. The third-order valence-corrected chi connectivity index (χ3v) is 3.33. The van der Waals surface area contributed by atoms with Gasteiger partial charge in [0.2, 0.25) is 0 Å². The molecule has 0 N–H and O–H groups in total. The topological polar surface area (TPSA) is 65.7 Å². The van der Waals surface area contributed by atoms with Crippen molar-refractivity contribution in [2.75, 3.05) is 6.61 Å². The molecule has 1 aromatic heterocycles. The van der Waals surface area contributed by atoms with Gasteiger partial charge in [0, 0.05) is 29.3 Å². The number of rotatable bonds is 5. The Bertz CT molecular complexity index is 788. The van der Waals surface area contributed by atoms with Gasteiger partial charge in [-0.15, -0.1) is 0 Å². The minimum Gasteiger partial charge on any atom is -0.462 e. The summed E-state index contributed by atoms with van der Waals surface area (Å²) in [4.78, 5) is 23.6. The molecule has 1 heterocycles. The maximum atomic E-state index is 12.3. The first-order valence-corrected chi connectivity index (χ1v) is 7.46. The molecule has 2 rings (SSSR count). The molecule has 0 fully saturated rings. The average Bonchev–Trinajstić information content (AvgIpc) is 2.77. The lowest BCUT2D eigenvalue weighted by atomic mass is 10.0. The van der Waals surface area contributed by atoms with Crippen molar-refractivity contribution >= 4 is 34.5 Å². The molecule has 2 aromatic rings. The fraction of sp³-hybridized carbons (Fsp3) is 0.294. The Morgan fingerprint density at radius 3 is 2.61 bits per heavy atom. The Labute approximate surface area is 138 Å². The zero-order valence-corrected chi connectivity index (χ0v) is 14.0. The van der Waals surface area contributed by atoms with Crippen LogP contribution < -0.4 is 4.74 Å². The molecule has 1 aromatic carbocycles. The molecule has 0 aliphatic heterocycles. The van der Waals surface area contributed by atoms with E-state index in [0.29, 0.717) is 38.6 Å². The summed E-state index contributed by atoms with van der Waals surface area (Å²) in [7, 11) is 0. The number of carbonyl (C=O) groups excluding carboxylic acids is 2. The van der Waals surface area contributed by atoms with Gasteiger partial charge in [-0.05, 0) is 26.0 Å². The van der Waals surface area contributed by atoms with Crippen molar-refractivity contribution in [2.45, 2.75) is 27.2 Å². The zero-order valence-electron chi connectivity index (χ0n) is 13.2. The summed E-state index contributed by atoms with van der Waals surface area (Å²) in [5.74, 6) is -0.216. The first-order valence-electron chi connectivity index (χ1n) is 7.08. The molecule has 23 heavy (non-hydrogen) atoms. The molecular weight excluding hydrogens is 320 g/mol. The normalized spacial score (nSPS) is 10.6. The number of furan rings is 1. The van der Waals surface area contributed by atoms with Gasteiger partial charge in [0.1, 0.15) is 22.7 Å². The Hall–Kier alpha value is -2.27. The van der Waals surface area contributed by atoms with E-state index in [0.717, 1.165) is 0 Å². The van der Waals surface area contributed by atoms with Gasteiger partial charge in [-0.25, -0.2) is 4.79 Å². The van der Waals surface area contributed by atoms with Crippen molar-refractivity contribution < 1.29 is 23.5 Å². The number of esters is 2. The Balaban J connectivity index is 2.75. The van der Waals surface area contributed by atoms with Gasteiger partial charge in [0.05, 0.1) is 6.61 Å². The van der Waals surface area contributed by atoms with Crippen LogP contribution in [0.5, 0.6) is 5.75 Å². The van der Waals surface area contributed by atoms with Gasteiger partial charge in [-0.1, -0.05) is 18.2 Å². The van der Waals surface area contributed by atoms with Crippen LogP contribution in [-0.2, 0) is 16.0 Å². The van der Waals surface area contributed by atoms with Crippen LogP contribution in [0.25, 0.3) is 11.0 Å². The Morgan fingerprint density at radius 1 is 1.35 bits per heavy atom. The van der Waals surface area contributed by atoms with Crippen LogP contribution in [0.2, 0.25) is 0 Å². The van der Waals surface area contributed by atoms with Crippen molar-refractivity contribution in [1.82, 2.24) is 0 Å². The first-order chi connectivity index (χ1) is 10.8. The number of halogens is 1. The number of carbonyl (C=O) groups is 2. The largest absolute Gasteiger partial charge is 0.462 e. The minimum absolute atomic E-state index is 0.229. The lowest BCUT2D eigenvalue weighted by molar-refractivity contribution is -0.131. The molecule has 0 atom stereocenters. The monoisotopic (exact) mass is 336 g/mol. The highest BCUT2D eigenvalue weighted by atomic mass is 35.5. The summed E-state index contributed by atoms with van der Waals surface area (Å²) in [6.45, 7) is 8.62.